The van der Waals surface area contributed by atoms with Crippen LogP contribution in [0.5, 0.6) is 0 Å². The Morgan fingerprint density at radius 1 is 1.33 bits per heavy atom. The average molecular weight is 251 g/mol. The SMILES string of the molecule is CCc1cc(CC(C)CC(C)(C)C)n(O)c(=O)c1. The van der Waals surface area contributed by atoms with Crippen LogP contribution in [0.25, 0.3) is 0 Å². The first-order valence-corrected chi connectivity index (χ1v) is 6.67. The van der Waals surface area contributed by atoms with Crippen molar-refractivity contribution in [2.24, 2.45) is 11.3 Å². The van der Waals surface area contributed by atoms with Crippen molar-refractivity contribution in [3.8, 4) is 0 Å². The van der Waals surface area contributed by atoms with Crippen molar-refractivity contribution >= 4 is 0 Å². The molecule has 1 N–H and O–H groups in total. The van der Waals surface area contributed by atoms with Crippen LogP contribution >= 0.6 is 0 Å². The average Bonchev–Trinajstić information content (AvgIpc) is 2.21. The van der Waals surface area contributed by atoms with Crippen LogP contribution < -0.4 is 5.56 Å². The fourth-order valence-corrected chi connectivity index (χ4v) is 2.50. The molecule has 102 valence electrons. The Morgan fingerprint density at radius 2 is 1.94 bits per heavy atom. The Labute approximate surface area is 109 Å². The highest BCUT2D eigenvalue weighted by molar-refractivity contribution is 5.17. The number of hydrogen-bond acceptors (Lipinski definition) is 2. The van der Waals surface area contributed by atoms with Gasteiger partial charge in [0, 0.05) is 6.07 Å². The number of nitrogens with zero attached hydrogens (tertiary/aromatic N) is 1. The van der Waals surface area contributed by atoms with Gasteiger partial charge in [-0.3, -0.25) is 4.79 Å². The van der Waals surface area contributed by atoms with Gasteiger partial charge in [0.05, 0.1) is 5.69 Å². The summed E-state index contributed by atoms with van der Waals surface area (Å²) in [5.41, 5.74) is 1.65. The molecular formula is C15H25NO2. The lowest BCUT2D eigenvalue weighted by Gasteiger charge is -2.23. The van der Waals surface area contributed by atoms with E-state index in [2.05, 4.69) is 27.7 Å². The van der Waals surface area contributed by atoms with Crippen molar-refractivity contribution in [2.75, 3.05) is 0 Å². The van der Waals surface area contributed by atoms with Gasteiger partial charge < -0.3 is 5.21 Å². The van der Waals surface area contributed by atoms with Crippen LogP contribution in [0.2, 0.25) is 0 Å². The minimum Gasteiger partial charge on any atom is -0.425 e. The van der Waals surface area contributed by atoms with Gasteiger partial charge in [0.15, 0.2) is 0 Å². The third-order valence-electron chi connectivity index (χ3n) is 3.07. The van der Waals surface area contributed by atoms with E-state index < -0.39 is 0 Å². The predicted octanol–water partition coefficient (Wildman–Crippen LogP) is 3.26. The molecule has 0 aliphatic heterocycles. The Balaban J connectivity index is 2.90. The molecule has 1 unspecified atom stereocenters. The molecule has 0 aliphatic rings. The predicted molar refractivity (Wildman–Crippen MR) is 74.2 cm³/mol. The molecule has 0 bridgehead atoms. The van der Waals surface area contributed by atoms with E-state index >= 15 is 0 Å². The summed E-state index contributed by atoms with van der Waals surface area (Å²) in [7, 11) is 0. The Kier molecular flexibility index (Phi) is 4.60. The minimum atomic E-state index is -0.327. The van der Waals surface area contributed by atoms with E-state index in [0.717, 1.165) is 35.3 Å². The summed E-state index contributed by atoms with van der Waals surface area (Å²) in [4.78, 5) is 11.6. The smallest absolute Gasteiger partial charge is 0.283 e. The van der Waals surface area contributed by atoms with Crippen LogP contribution in [0.1, 0.15) is 52.3 Å². The summed E-state index contributed by atoms with van der Waals surface area (Å²) in [5, 5.41) is 9.77. The largest absolute Gasteiger partial charge is 0.425 e. The Bertz CT molecular complexity index is 455. The Hall–Kier alpha value is -1.25. The van der Waals surface area contributed by atoms with Gasteiger partial charge in [-0.2, -0.15) is 4.73 Å². The molecule has 18 heavy (non-hydrogen) atoms. The van der Waals surface area contributed by atoms with Gasteiger partial charge in [-0.15, -0.1) is 0 Å². The van der Waals surface area contributed by atoms with Gasteiger partial charge >= 0.3 is 0 Å². The topological polar surface area (TPSA) is 42.2 Å². The standard InChI is InChI=1S/C15H25NO2/c1-6-12-8-13(16(18)14(17)9-12)7-11(2)10-15(3,4)5/h8-9,11,18H,6-7,10H2,1-5H3. The highest BCUT2D eigenvalue weighted by Gasteiger charge is 2.17. The van der Waals surface area contributed by atoms with Crippen molar-refractivity contribution < 1.29 is 5.21 Å². The molecule has 1 rings (SSSR count). The molecule has 0 spiro atoms. The second-order valence-corrected chi connectivity index (χ2v) is 6.43. The Morgan fingerprint density at radius 3 is 2.44 bits per heavy atom. The first kappa shape index (κ1) is 14.8. The molecule has 0 amide bonds. The molecule has 3 heteroatoms. The molecule has 0 saturated carbocycles. The van der Waals surface area contributed by atoms with E-state index in [1.165, 1.54) is 6.07 Å². The molecule has 0 aliphatic carbocycles. The molecule has 1 aromatic rings. The third kappa shape index (κ3) is 4.21. The zero-order valence-electron chi connectivity index (χ0n) is 12.2. The van der Waals surface area contributed by atoms with E-state index in [-0.39, 0.29) is 11.0 Å². The van der Waals surface area contributed by atoms with Gasteiger partial charge in [-0.1, -0.05) is 34.6 Å². The fourth-order valence-electron chi connectivity index (χ4n) is 2.50. The van der Waals surface area contributed by atoms with Gasteiger partial charge in [0.25, 0.3) is 5.56 Å². The van der Waals surface area contributed by atoms with Crippen molar-refractivity contribution in [1.82, 2.24) is 4.73 Å². The maximum atomic E-state index is 11.6. The summed E-state index contributed by atoms with van der Waals surface area (Å²) in [6.07, 6.45) is 2.62. The van der Waals surface area contributed by atoms with Crippen LogP contribution in [0.4, 0.5) is 0 Å². The highest BCUT2D eigenvalue weighted by atomic mass is 16.5. The lowest BCUT2D eigenvalue weighted by atomic mass is 9.83. The molecule has 0 saturated heterocycles. The van der Waals surface area contributed by atoms with Crippen LogP contribution in [0.3, 0.4) is 0 Å². The molecular weight excluding hydrogens is 226 g/mol. The van der Waals surface area contributed by atoms with E-state index in [1.807, 2.05) is 13.0 Å². The minimum absolute atomic E-state index is 0.266. The molecule has 0 radical (unpaired) electrons. The fraction of sp³-hybridized carbons (Fsp3) is 0.667. The van der Waals surface area contributed by atoms with Gasteiger partial charge in [-0.25, -0.2) is 0 Å². The van der Waals surface area contributed by atoms with Crippen LogP contribution in [-0.4, -0.2) is 9.94 Å². The summed E-state index contributed by atoms with van der Waals surface area (Å²) >= 11 is 0. The van der Waals surface area contributed by atoms with Crippen molar-refractivity contribution in [3.05, 3.63) is 33.7 Å². The number of aromatic nitrogens is 1. The monoisotopic (exact) mass is 251 g/mol. The molecule has 0 fully saturated rings. The van der Waals surface area contributed by atoms with Gasteiger partial charge in [0.2, 0.25) is 0 Å². The first-order chi connectivity index (χ1) is 8.23. The maximum absolute atomic E-state index is 11.6. The second-order valence-electron chi connectivity index (χ2n) is 6.43. The number of rotatable bonds is 4. The molecule has 1 heterocycles. The van der Waals surface area contributed by atoms with E-state index in [9.17, 15) is 10.0 Å². The molecule has 1 aromatic heterocycles. The number of pyridine rings is 1. The van der Waals surface area contributed by atoms with E-state index in [4.69, 9.17) is 0 Å². The zero-order chi connectivity index (χ0) is 13.9. The third-order valence-corrected chi connectivity index (χ3v) is 3.07. The molecule has 1 atom stereocenters. The van der Waals surface area contributed by atoms with Crippen molar-refractivity contribution in [1.29, 1.82) is 0 Å². The second kappa shape index (κ2) is 5.59. The number of aryl methyl sites for hydroxylation is 1. The molecule has 0 aromatic carbocycles. The first-order valence-electron chi connectivity index (χ1n) is 6.67. The van der Waals surface area contributed by atoms with E-state index in [1.54, 1.807) is 0 Å². The molecule has 3 nitrogen and oxygen atoms in total. The van der Waals surface area contributed by atoms with Gasteiger partial charge in [0.1, 0.15) is 0 Å². The lowest BCUT2D eigenvalue weighted by Crippen LogP contribution is -2.23. The summed E-state index contributed by atoms with van der Waals surface area (Å²) in [6, 6.07) is 3.43. The van der Waals surface area contributed by atoms with E-state index in [0.29, 0.717) is 5.92 Å². The van der Waals surface area contributed by atoms with Crippen LogP contribution in [-0.2, 0) is 12.8 Å². The zero-order valence-corrected chi connectivity index (χ0v) is 12.2. The summed E-state index contributed by atoms with van der Waals surface area (Å²) in [5.74, 6) is 0.440. The normalized spacial score (nSPS) is 13.6. The van der Waals surface area contributed by atoms with Crippen molar-refractivity contribution in [3.63, 3.8) is 0 Å². The van der Waals surface area contributed by atoms with Crippen molar-refractivity contribution in [2.45, 2.75) is 53.9 Å². The van der Waals surface area contributed by atoms with Crippen LogP contribution in [0.15, 0.2) is 16.9 Å². The lowest BCUT2D eigenvalue weighted by molar-refractivity contribution is 0.160. The quantitative estimate of drug-likeness (QED) is 0.835. The summed E-state index contributed by atoms with van der Waals surface area (Å²) in [6.45, 7) is 10.8. The van der Waals surface area contributed by atoms with Crippen LogP contribution in [0, 0.1) is 11.3 Å². The number of hydrogen-bond donors (Lipinski definition) is 1. The maximum Gasteiger partial charge on any atom is 0.283 e. The van der Waals surface area contributed by atoms with Gasteiger partial charge in [-0.05, 0) is 42.2 Å². The highest BCUT2D eigenvalue weighted by Crippen LogP contribution is 2.26. The summed E-state index contributed by atoms with van der Waals surface area (Å²) < 4.78 is 0.790.